The van der Waals surface area contributed by atoms with Crippen LogP contribution >= 0.6 is 0 Å². The van der Waals surface area contributed by atoms with Gasteiger partial charge in [0, 0.05) is 6.54 Å². The third-order valence-corrected chi connectivity index (χ3v) is 3.60. The topological polar surface area (TPSA) is 21.3 Å². The van der Waals surface area contributed by atoms with Gasteiger partial charge in [0.1, 0.15) is 0 Å². The fraction of sp³-hybridized carbons (Fsp3) is 0.889. The minimum absolute atomic E-state index is 0.809. The molecule has 0 bridgehead atoms. The summed E-state index contributed by atoms with van der Waals surface area (Å²) in [4.78, 5) is 0. The third-order valence-electron chi connectivity index (χ3n) is 3.60. The second-order valence-electron chi connectivity index (χ2n) is 5.62. The molecule has 2 nitrogen and oxygen atoms in total. The van der Waals surface area contributed by atoms with Crippen molar-refractivity contribution >= 4 is 0 Å². The number of unbranched alkanes of at least 4 members (excludes halogenated alkanes) is 9. The molecule has 0 aliphatic carbocycles. The summed E-state index contributed by atoms with van der Waals surface area (Å²) in [6, 6.07) is 0. The van der Waals surface area contributed by atoms with Crippen molar-refractivity contribution in [1.29, 1.82) is 0 Å². The Balaban J connectivity index is 2.90. The lowest BCUT2D eigenvalue weighted by atomic mass is 10.1. The zero-order valence-electron chi connectivity index (χ0n) is 13.8. The quantitative estimate of drug-likeness (QED) is 0.296. The molecule has 0 unspecified atom stereocenters. The van der Waals surface area contributed by atoms with E-state index >= 15 is 0 Å². The zero-order chi connectivity index (χ0) is 14.7. The molecule has 0 amide bonds. The summed E-state index contributed by atoms with van der Waals surface area (Å²) in [6.07, 6.45) is 16.9. The second kappa shape index (κ2) is 18.7. The van der Waals surface area contributed by atoms with Crippen molar-refractivity contribution in [3.8, 4) is 0 Å². The number of nitrogens with one attached hydrogen (secondary N) is 1. The van der Waals surface area contributed by atoms with Gasteiger partial charge in [-0.2, -0.15) is 0 Å². The predicted molar refractivity (Wildman–Crippen MR) is 90.3 cm³/mol. The Kier molecular flexibility index (Phi) is 18.3. The van der Waals surface area contributed by atoms with E-state index in [-0.39, 0.29) is 0 Å². The lowest BCUT2D eigenvalue weighted by molar-refractivity contribution is 0.140. The maximum Gasteiger partial charge on any atom is 0.0591 e. The summed E-state index contributed by atoms with van der Waals surface area (Å²) in [5.41, 5.74) is 0. The maximum atomic E-state index is 5.44. The van der Waals surface area contributed by atoms with Crippen LogP contribution in [0.1, 0.15) is 77.6 Å². The Morgan fingerprint density at radius 1 is 0.800 bits per heavy atom. The molecule has 0 aliphatic rings. The van der Waals surface area contributed by atoms with Crippen molar-refractivity contribution < 1.29 is 4.74 Å². The molecule has 0 aromatic rings. The van der Waals surface area contributed by atoms with E-state index in [4.69, 9.17) is 4.74 Å². The van der Waals surface area contributed by atoms with Crippen LogP contribution in [-0.2, 0) is 4.74 Å². The molecule has 0 saturated carbocycles. The molecule has 0 aromatic heterocycles. The normalized spacial score (nSPS) is 10.8. The average molecular weight is 283 g/mol. The van der Waals surface area contributed by atoms with Crippen LogP contribution in [0, 0.1) is 0 Å². The number of hydrogen-bond donors (Lipinski definition) is 1. The molecule has 0 spiro atoms. The van der Waals surface area contributed by atoms with Crippen LogP contribution in [0.5, 0.6) is 0 Å². The molecule has 0 saturated heterocycles. The molecule has 1 N–H and O–H groups in total. The maximum absolute atomic E-state index is 5.44. The molecule has 120 valence electrons. The van der Waals surface area contributed by atoms with Crippen LogP contribution in [0.15, 0.2) is 12.7 Å². The van der Waals surface area contributed by atoms with Gasteiger partial charge in [0.25, 0.3) is 0 Å². The monoisotopic (exact) mass is 283 g/mol. The van der Waals surface area contributed by atoms with Gasteiger partial charge in [0.2, 0.25) is 0 Å². The molecule has 2 heteroatoms. The highest BCUT2D eigenvalue weighted by Gasteiger charge is 1.93. The van der Waals surface area contributed by atoms with Crippen molar-refractivity contribution in [3.63, 3.8) is 0 Å². The first-order chi connectivity index (χ1) is 9.91. The van der Waals surface area contributed by atoms with Crippen LogP contribution in [0.25, 0.3) is 0 Å². The highest BCUT2D eigenvalue weighted by molar-refractivity contribution is 4.64. The molecule has 20 heavy (non-hydrogen) atoms. The number of rotatable bonds is 17. The van der Waals surface area contributed by atoms with Gasteiger partial charge in [0.05, 0.1) is 13.2 Å². The predicted octanol–water partition coefficient (Wildman–Crippen LogP) is 5.09. The Morgan fingerprint density at radius 2 is 1.40 bits per heavy atom. The van der Waals surface area contributed by atoms with Gasteiger partial charge in [0.15, 0.2) is 0 Å². The van der Waals surface area contributed by atoms with Crippen LogP contribution in [0.4, 0.5) is 0 Å². The van der Waals surface area contributed by atoms with Gasteiger partial charge in [-0.25, -0.2) is 0 Å². The first kappa shape index (κ1) is 19.7. The fourth-order valence-electron chi connectivity index (χ4n) is 2.28. The minimum atomic E-state index is 0.809. The lowest BCUT2D eigenvalue weighted by Gasteiger charge is -2.05. The summed E-state index contributed by atoms with van der Waals surface area (Å²) in [6.45, 7) is 9.71. The Hall–Kier alpha value is -0.340. The summed E-state index contributed by atoms with van der Waals surface area (Å²) in [5, 5.41) is 3.44. The molecule has 0 radical (unpaired) electrons. The van der Waals surface area contributed by atoms with Crippen molar-refractivity contribution in [2.45, 2.75) is 77.6 Å². The van der Waals surface area contributed by atoms with Gasteiger partial charge < -0.3 is 10.1 Å². The molecule has 0 fully saturated rings. The SMILES string of the molecule is C=CCCOCCNCCCCCCCCCCCC. The highest BCUT2D eigenvalue weighted by Crippen LogP contribution is 2.10. The van der Waals surface area contributed by atoms with Gasteiger partial charge in [-0.15, -0.1) is 6.58 Å². The summed E-state index contributed by atoms with van der Waals surface area (Å²) in [7, 11) is 0. The van der Waals surface area contributed by atoms with Crippen LogP contribution in [0.3, 0.4) is 0 Å². The second-order valence-corrected chi connectivity index (χ2v) is 5.62. The van der Waals surface area contributed by atoms with Gasteiger partial charge in [-0.05, 0) is 19.4 Å². The van der Waals surface area contributed by atoms with Crippen molar-refractivity contribution in [2.75, 3.05) is 26.3 Å². The third kappa shape index (κ3) is 17.7. The van der Waals surface area contributed by atoms with E-state index in [1.54, 1.807) is 0 Å². The summed E-state index contributed by atoms with van der Waals surface area (Å²) >= 11 is 0. The van der Waals surface area contributed by atoms with Crippen LogP contribution in [-0.4, -0.2) is 26.3 Å². The molecule has 0 aromatic carbocycles. The van der Waals surface area contributed by atoms with Gasteiger partial charge in [-0.3, -0.25) is 0 Å². The summed E-state index contributed by atoms with van der Waals surface area (Å²) < 4.78 is 5.44. The van der Waals surface area contributed by atoms with Crippen molar-refractivity contribution in [1.82, 2.24) is 5.32 Å². The van der Waals surface area contributed by atoms with Crippen LogP contribution in [0.2, 0.25) is 0 Å². The molecule has 0 aliphatic heterocycles. The van der Waals surface area contributed by atoms with E-state index < -0.39 is 0 Å². The minimum Gasteiger partial charge on any atom is -0.380 e. The van der Waals surface area contributed by atoms with E-state index in [1.807, 2.05) is 6.08 Å². The molecule has 0 atom stereocenters. The average Bonchev–Trinajstić information content (AvgIpc) is 2.47. The fourth-order valence-corrected chi connectivity index (χ4v) is 2.28. The van der Waals surface area contributed by atoms with Crippen molar-refractivity contribution in [2.24, 2.45) is 0 Å². The van der Waals surface area contributed by atoms with Gasteiger partial charge >= 0.3 is 0 Å². The standard InChI is InChI=1S/C18H37NO/c1-3-5-7-8-9-10-11-12-13-14-15-19-16-18-20-17-6-4-2/h4,19H,2-3,5-18H2,1H3. The molecular formula is C18H37NO. The first-order valence-corrected chi connectivity index (χ1v) is 8.81. The summed E-state index contributed by atoms with van der Waals surface area (Å²) in [5.74, 6) is 0. The lowest BCUT2D eigenvalue weighted by Crippen LogP contribution is -2.21. The Bertz CT molecular complexity index is 182. The number of hydrogen-bond acceptors (Lipinski definition) is 2. The smallest absolute Gasteiger partial charge is 0.0591 e. The first-order valence-electron chi connectivity index (χ1n) is 8.81. The highest BCUT2D eigenvalue weighted by atomic mass is 16.5. The van der Waals surface area contributed by atoms with E-state index in [2.05, 4.69) is 18.8 Å². The van der Waals surface area contributed by atoms with Crippen LogP contribution < -0.4 is 5.32 Å². The van der Waals surface area contributed by atoms with Crippen molar-refractivity contribution in [3.05, 3.63) is 12.7 Å². The largest absolute Gasteiger partial charge is 0.380 e. The molecule has 0 rings (SSSR count). The number of ether oxygens (including phenoxy) is 1. The molecular weight excluding hydrogens is 246 g/mol. The van der Waals surface area contributed by atoms with E-state index in [0.29, 0.717) is 0 Å². The van der Waals surface area contributed by atoms with E-state index in [9.17, 15) is 0 Å². The van der Waals surface area contributed by atoms with E-state index in [1.165, 1.54) is 64.2 Å². The van der Waals surface area contributed by atoms with Gasteiger partial charge in [-0.1, -0.05) is 70.8 Å². The van der Waals surface area contributed by atoms with E-state index in [0.717, 1.165) is 32.7 Å². The zero-order valence-corrected chi connectivity index (χ0v) is 13.8. The Morgan fingerprint density at radius 3 is 2.00 bits per heavy atom. The Labute approximate surface area is 127 Å². The molecule has 0 heterocycles.